The van der Waals surface area contributed by atoms with E-state index >= 15 is 0 Å². The molecular weight excluding hydrogens is 473 g/mol. The molecule has 0 atom stereocenters. The molecule has 0 spiro atoms. The molecule has 2 aromatic carbocycles. The van der Waals surface area contributed by atoms with Gasteiger partial charge in [-0.15, -0.1) is 0 Å². The SMILES string of the molecule is CN(C)S(=O)(=O)c1ccc(S(=O)(=O)Nc2ccc(Br)c(C(F)(F)F)c2)cc1. The summed E-state index contributed by atoms with van der Waals surface area (Å²) >= 11 is 2.77. The zero-order valence-corrected chi connectivity index (χ0v) is 17.2. The molecule has 0 bridgehead atoms. The predicted octanol–water partition coefficient (Wildman–Crippen LogP) is 3.52. The molecule has 0 fully saturated rings. The minimum absolute atomic E-state index is 0.116. The molecule has 0 saturated heterocycles. The van der Waals surface area contributed by atoms with E-state index < -0.39 is 31.8 Å². The summed E-state index contributed by atoms with van der Waals surface area (Å²) in [5, 5.41) is 0. The summed E-state index contributed by atoms with van der Waals surface area (Å²) in [5.74, 6) is 0. The van der Waals surface area contributed by atoms with Gasteiger partial charge in [-0.05, 0) is 42.5 Å². The minimum Gasteiger partial charge on any atom is -0.280 e. The van der Waals surface area contributed by atoms with Gasteiger partial charge in [0.25, 0.3) is 10.0 Å². The molecule has 1 N–H and O–H groups in total. The summed E-state index contributed by atoms with van der Waals surface area (Å²) in [6, 6.07) is 7.23. The van der Waals surface area contributed by atoms with Crippen molar-refractivity contribution < 1.29 is 30.0 Å². The normalized spacial score (nSPS) is 13.0. The van der Waals surface area contributed by atoms with Crippen LogP contribution in [-0.4, -0.2) is 35.2 Å². The molecule has 0 saturated carbocycles. The van der Waals surface area contributed by atoms with E-state index in [1.165, 1.54) is 20.2 Å². The van der Waals surface area contributed by atoms with Gasteiger partial charge in [-0.2, -0.15) is 13.2 Å². The maximum absolute atomic E-state index is 12.9. The Bertz CT molecular complexity index is 1050. The molecule has 0 amide bonds. The average molecular weight is 487 g/mol. The van der Waals surface area contributed by atoms with Crippen molar-refractivity contribution in [1.82, 2.24) is 4.31 Å². The highest BCUT2D eigenvalue weighted by Gasteiger charge is 2.33. The van der Waals surface area contributed by atoms with Crippen molar-refractivity contribution in [1.29, 1.82) is 0 Å². The zero-order chi connectivity index (χ0) is 20.6. The lowest BCUT2D eigenvalue weighted by Crippen LogP contribution is -2.22. The molecule has 0 unspecified atom stereocenters. The first-order valence-electron chi connectivity index (χ1n) is 7.17. The van der Waals surface area contributed by atoms with Gasteiger partial charge >= 0.3 is 6.18 Å². The fourth-order valence-electron chi connectivity index (χ4n) is 2.02. The molecule has 2 aromatic rings. The van der Waals surface area contributed by atoms with Gasteiger partial charge in [0.15, 0.2) is 0 Å². The number of hydrogen-bond acceptors (Lipinski definition) is 4. The summed E-state index contributed by atoms with van der Waals surface area (Å²) in [7, 11) is -5.30. The first-order valence-corrected chi connectivity index (χ1v) is 10.9. The molecule has 27 heavy (non-hydrogen) atoms. The van der Waals surface area contributed by atoms with Crippen LogP contribution in [0.4, 0.5) is 18.9 Å². The lowest BCUT2D eigenvalue weighted by Gasteiger charge is -2.14. The van der Waals surface area contributed by atoms with Crippen LogP contribution in [0.15, 0.2) is 56.7 Å². The lowest BCUT2D eigenvalue weighted by molar-refractivity contribution is -0.138. The van der Waals surface area contributed by atoms with E-state index in [1.807, 2.05) is 4.72 Å². The van der Waals surface area contributed by atoms with Gasteiger partial charge in [-0.1, -0.05) is 15.9 Å². The molecule has 0 aromatic heterocycles. The van der Waals surface area contributed by atoms with Crippen molar-refractivity contribution in [2.24, 2.45) is 0 Å². The summed E-state index contributed by atoms with van der Waals surface area (Å²) < 4.78 is 90.4. The lowest BCUT2D eigenvalue weighted by atomic mass is 10.2. The molecule has 12 heteroatoms. The number of rotatable bonds is 5. The summed E-state index contributed by atoms with van der Waals surface area (Å²) in [6.45, 7) is 0. The van der Waals surface area contributed by atoms with Crippen LogP contribution in [-0.2, 0) is 26.2 Å². The fraction of sp³-hybridized carbons (Fsp3) is 0.200. The van der Waals surface area contributed by atoms with E-state index in [2.05, 4.69) is 15.9 Å². The Labute approximate surface area is 163 Å². The first-order chi connectivity index (χ1) is 12.2. The van der Waals surface area contributed by atoms with Crippen LogP contribution in [0.2, 0.25) is 0 Å². The number of halogens is 4. The number of anilines is 1. The smallest absolute Gasteiger partial charge is 0.280 e. The molecule has 2 rings (SSSR count). The Morgan fingerprint density at radius 3 is 1.93 bits per heavy atom. The Hall–Kier alpha value is -1.63. The molecular formula is C15H14BrF3N2O4S2. The number of nitrogens with one attached hydrogen (secondary N) is 1. The van der Waals surface area contributed by atoms with Crippen LogP contribution in [0.3, 0.4) is 0 Å². The van der Waals surface area contributed by atoms with Gasteiger partial charge in [-0.25, -0.2) is 21.1 Å². The monoisotopic (exact) mass is 486 g/mol. The highest BCUT2D eigenvalue weighted by Crippen LogP contribution is 2.36. The Kier molecular flexibility index (Phi) is 5.95. The quantitative estimate of drug-likeness (QED) is 0.700. The fourth-order valence-corrected chi connectivity index (χ4v) is 4.44. The second-order valence-electron chi connectivity index (χ2n) is 5.56. The third-order valence-electron chi connectivity index (χ3n) is 3.44. The molecule has 0 aliphatic carbocycles. The summed E-state index contributed by atoms with van der Waals surface area (Å²) in [4.78, 5) is -0.411. The Morgan fingerprint density at radius 2 is 1.44 bits per heavy atom. The highest BCUT2D eigenvalue weighted by molar-refractivity contribution is 9.10. The topological polar surface area (TPSA) is 83.6 Å². The van der Waals surface area contributed by atoms with Gasteiger partial charge in [0.05, 0.1) is 15.4 Å². The zero-order valence-electron chi connectivity index (χ0n) is 14.0. The van der Waals surface area contributed by atoms with Crippen LogP contribution in [0.25, 0.3) is 0 Å². The largest absolute Gasteiger partial charge is 0.417 e. The van der Waals surface area contributed by atoms with Crippen molar-refractivity contribution in [3.63, 3.8) is 0 Å². The van der Waals surface area contributed by atoms with Crippen molar-refractivity contribution in [3.05, 3.63) is 52.5 Å². The third-order valence-corrected chi connectivity index (χ3v) is 7.35. The van der Waals surface area contributed by atoms with Crippen LogP contribution < -0.4 is 4.72 Å². The van der Waals surface area contributed by atoms with E-state index in [4.69, 9.17) is 0 Å². The predicted molar refractivity (Wildman–Crippen MR) is 97.3 cm³/mol. The van der Waals surface area contributed by atoms with Crippen LogP contribution in [0.1, 0.15) is 5.56 Å². The average Bonchev–Trinajstić information content (AvgIpc) is 2.55. The van der Waals surface area contributed by atoms with E-state index in [1.54, 1.807) is 0 Å². The van der Waals surface area contributed by atoms with Crippen molar-refractivity contribution >= 4 is 41.7 Å². The molecule has 6 nitrogen and oxygen atoms in total. The maximum atomic E-state index is 12.9. The Balaban J connectivity index is 2.35. The molecule has 0 radical (unpaired) electrons. The van der Waals surface area contributed by atoms with Crippen molar-refractivity contribution in [2.75, 3.05) is 18.8 Å². The minimum atomic E-state index is -4.66. The van der Waals surface area contributed by atoms with E-state index in [0.717, 1.165) is 34.6 Å². The van der Waals surface area contributed by atoms with Crippen LogP contribution >= 0.6 is 15.9 Å². The Morgan fingerprint density at radius 1 is 0.926 bits per heavy atom. The van der Waals surface area contributed by atoms with Gasteiger partial charge < -0.3 is 0 Å². The third kappa shape index (κ3) is 4.81. The first kappa shape index (κ1) is 21.7. The standard InChI is InChI=1S/C15H14BrF3N2O4S2/c1-21(2)27(24,25)12-6-4-11(5-7-12)26(22,23)20-10-3-8-14(16)13(9-10)15(17,18)19/h3-9,20H,1-2H3. The number of alkyl halides is 3. The maximum Gasteiger partial charge on any atom is 0.417 e. The molecule has 0 aliphatic rings. The van der Waals surface area contributed by atoms with Gasteiger partial charge in [-0.3, -0.25) is 4.72 Å². The van der Waals surface area contributed by atoms with Crippen LogP contribution in [0, 0.1) is 0 Å². The van der Waals surface area contributed by atoms with Crippen LogP contribution in [0.5, 0.6) is 0 Å². The van der Waals surface area contributed by atoms with E-state index in [0.29, 0.717) is 6.07 Å². The van der Waals surface area contributed by atoms with Gasteiger partial charge in [0.1, 0.15) is 0 Å². The number of nitrogens with zero attached hydrogens (tertiary/aromatic N) is 1. The number of hydrogen-bond donors (Lipinski definition) is 1. The number of benzene rings is 2. The highest BCUT2D eigenvalue weighted by atomic mass is 79.9. The van der Waals surface area contributed by atoms with Gasteiger partial charge in [0, 0.05) is 24.3 Å². The van der Waals surface area contributed by atoms with Crippen molar-refractivity contribution in [2.45, 2.75) is 16.0 Å². The summed E-state index contributed by atoms with van der Waals surface area (Å²) in [6.07, 6.45) is -4.66. The number of sulfonamides is 2. The van der Waals surface area contributed by atoms with Gasteiger partial charge in [0.2, 0.25) is 10.0 Å². The molecule has 148 valence electrons. The van der Waals surface area contributed by atoms with E-state index in [9.17, 15) is 30.0 Å². The molecule has 0 heterocycles. The summed E-state index contributed by atoms with van der Waals surface area (Å²) in [5.41, 5.74) is -1.31. The second kappa shape index (κ2) is 7.41. The van der Waals surface area contributed by atoms with Crippen molar-refractivity contribution in [3.8, 4) is 0 Å². The van der Waals surface area contributed by atoms with E-state index in [-0.39, 0.29) is 20.0 Å². The molecule has 0 aliphatic heterocycles. The second-order valence-corrected chi connectivity index (χ2v) is 10.2.